The second-order valence-electron chi connectivity index (χ2n) is 7.08. The zero-order chi connectivity index (χ0) is 14.2. The largest absolute Gasteiger partial charge is 0.384 e. The number of rotatable bonds is 3. The Morgan fingerprint density at radius 2 is 2.25 bits per heavy atom. The fourth-order valence-electron chi connectivity index (χ4n) is 4.34. The van der Waals surface area contributed by atoms with Gasteiger partial charge in [-0.1, -0.05) is 6.92 Å². The Bertz CT molecular complexity index is 363. The Kier molecular flexibility index (Phi) is 4.04. The summed E-state index contributed by atoms with van der Waals surface area (Å²) in [5.74, 6) is 1.39. The van der Waals surface area contributed by atoms with Crippen LogP contribution >= 0.6 is 0 Å². The molecule has 1 aliphatic carbocycles. The standard InChI is InChI=1S/C16H27NO3/c1-12-8-13(9-12)15(18)17-6-4-14-16(10-17,11-19-2)5-3-7-20-14/h12-14H,3-11H2,1-2H3. The molecule has 2 saturated heterocycles. The van der Waals surface area contributed by atoms with E-state index in [0.29, 0.717) is 12.5 Å². The summed E-state index contributed by atoms with van der Waals surface area (Å²) in [5.41, 5.74) is 0.0380. The SMILES string of the molecule is COCC12CCCOC1CCN(C(=O)C1CC(C)C1)C2. The zero-order valence-electron chi connectivity index (χ0n) is 12.8. The third-order valence-corrected chi connectivity index (χ3v) is 5.45. The van der Waals surface area contributed by atoms with Crippen LogP contribution in [-0.4, -0.2) is 50.3 Å². The molecule has 4 nitrogen and oxygen atoms in total. The van der Waals surface area contributed by atoms with Crippen LogP contribution in [0.5, 0.6) is 0 Å². The van der Waals surface area contributed by atoms with Crippen molar-refractivity contribution in [2.75, 3.05) is 33.4 Å². The highest BCUT2D eigenvalue weighted by molar-refractivity contribution is 5.80. The lowest BCUT2D eigenvalue weighted by atomic mass is 9.71. The molecule has 0 spiro atoms. The van der Waals surface area contributed by atoms with Crippen molar-refractivity contribution in [1.29, 1.82) is 0 Å². The smallest absolute Gasteiger partial charge is 0.225 e. The van der Waals surface area contributed by atoms with Crippen molar-refractivity contribution in [2.45, 2.75) is 45.1 Å². The van der Waals surface area contributed by atoms with Crippen LogP contribution in [0.4, 0.5) is 0 Å². The van der Waals surface area contributed by atoms with E-state index in [0.717, 1.165) is 57.7 Å². The van der Waals surface area contributed by atoms with Crippen molar-refractivity contribution in [3.05, 3.63) is 0 Å². The van der Waals surface area contributed by atoms with E-state index in [4.69, 9.17) is 9.47 Å². The van der Waals surface area contributed by atoms with Crippen LogP contribution in [0, 0.1) is 17.3 Å². The Morgan fingerprint density at radius 1 is 1.45 bits per heavy atom. The normalized spacial score (nSPS) is 40.9. The number of nitrogens with zero attached hydrogens (tertiary/aromatic N) is 1. The van der Waals surface area contributed by atoms with E-state index in [1.807, 2.05) is 0 Å². The van der Waals surface area contributed by atoms with E-state index in [1.165, 1.54) is 0 Å². The van der Waals surface area contributed by atoms with Gasteiger partial charge in [0.25, 0.3) is 0 Å². The quantitative estimate of drug-likeness (QED) is 0.795. The van der Waals surface area contributed by atoms with Crippen LogP contribution in [0.25, 0.3) is 0 Å². The summed E-state index contributed by atoms with van der Waals surface area (Å²) in [7, 11) is 1.76. The molecule has 0 radical (unpaired) electrons. The van der Waals surface area contributed by atoms with Gasteiger partial charge in [0, 0.05) is 38.1 Å². The number of likely N-dealkylation sites (tertiary alicyclic amines) is 1. The van der Waals surface area contributed by atoms with E-state index in [-0.39, 0.29) is 17.4 Å². The van der Waals surface area contributed by atoms with Crippen LogP contribution in [0.1, 0.15) is 39.0 Å². The Labute approximate surface area is 121 Å². The molecule has 3 rings (SSSR count). The second-order valence-corrected chi connectivity index (χ2v) is 7.08. The average Bonchev–Trinajstić information content (AvgIpc) is 2.42. The van der Waals surface area contributed by atoms with Crippen molar-refractivity contribution < 1.29 is 14.3 Å². The predicted octanol–water partition coefficient (Wildman–Crippen LogP) is 2.08. The topological polar surface area (TPSA) is 38.8 Å². The molecule has 2 aliphatic heterocycles. The number of methoxy groups -OCH3 is 1. The van der Waals surface area contributed by atoms with Crippen molar-refractivity contribution >= 4 is 5.91 Å². The molecule has 0 bridgehead atoms. The Balaban J connectivity index is 1.68. The fourth-order valence-corrected chi connectivity index (χ4v) is 4.34. The minimum absolute atomic E-state index is 0.0380. The van der Waals surface area contributed by atoms with Gasteiger partial charge < -0.3 is 14.4 Å². The summed E-state index contributed by atoms with van der Waals surface area (Å²) >= 11 is 0. The van der Waals surface area contributed by atoms with Crippen molar-refractivity contribution in [3.63, 3.8) is 0 Å². The van der Waals surface area contributed by atoms with E-state index in [2.05, 4.69) is 11.8 Å². The predicted molar refractivity (Wildman–Crippen MR) is 76.4 cm³/mol. The van der Waals surface area contributed by atoms with Gasteiger partial charge in [-0.25, -0.2) is 0 Å². The third kappa shape index (κ3) is 2.48. The van der Waals surface area contributed by atoms with Gasteiger partial charge in [0.1, 0.15) is 0 Å². The zero-order valence-corrected chi connectivity index (χ0v) is 12.8. The molecule has 3 fully saturated rings. The summed E-state index contributed by atoms with van der Waals surface area (Å²) < 4.78 is 11.4. The van der Waals surface area contributed by atoms with E-state index in [9.17, 15) is 4.79 Å². The van der Waals surface area contributed by atoms with Gasteiger partial charge in [-0.3, -0.25) is 4.79 Å². The molecule has 0 aromatic carbocycles. The maximum absolute atomic E-state index is 12.6. The number of carbonyl (C=O) groups is 1. The first-order valence-electron chi connectivity index (χ1n) is 8.04. The minimum Gasteiger partial charge on any atom is -0.384 e. The first kappa shape index (κ1) is 14.3. The molecule has 2 unspecified atom stereocenters. The van der Waals surface area contributed by atoms with Crippen molar-refractivity contribution in [2.24, 2.45) is 17.3 Å². The highest BCUT2D eigenvalue weighted by Gasteiger charge is 2.48. The third-order valence-electron chi connectivity index (χ3n) is 5.45. The van der Waals surface area contributed by atoms with Gasteiger partial charge in [0.15, 0.2) is 0 Å². The van der Waals surface area contributed by atoms with E-state index in [1.54, 1.807) is 7.11 Å². The second kappa shape index (κ2) is 5.64. The molecule has 4 heteroatoms. The molecule has 20 heavy (non-hydrogen) atoms. The van der Waals surface area contributed by atoms with Crippen LogP contribution in [0.2, 0.25) is 0 Å². The lowest BCUT2D eigenvalue weighted by Crippen LogP contribution is -2.59. The van der Waals surface area contributed by atoms with Gasteiger partial charge in [-0.15, -0.1) is 0 Å². The first-order valence-corrected chi connectivity index (χ1v) is 8.04. The van der Waals surface area contributed by atoms with Crippen LogP contribution in [0.3, 0.4) is 0 Å². The summed E-state index contributed by atoms with van der Waals surface area (Å²) in [6, 6.07) is 0. The molecular formula is C16H27NO3. The van der Waals surface area contributed by atoms with Gasteiger partial charge in [0.2, 0.25) is 5.91 Å². The van der Waals surface area contributed by atoms with Gasteiger partial charge >= 0.3 is 0 Å². The summed E-state index contributed by atoms with van der Waals surface area (Å²) in [6.07, 6.45) is 5.61. The van der Waals surface area contributed by atoms with Crippen molar-refractivity contribution in [1.82, 2.24) is 4.90 Å². The maximum atomic E-state index is 12.6. The first-order chi connectivity index (χ1) is 9.64. The molecule has 3 aliphatic rings. The average molecular weight is 281 g/mol. The Morgan fingerprint density at radius 3 is 2.95 bits per heavy atom. The fraction of sp³-hybridized carbons (Fsp3) is 0.938. The molecule has 0 aromatic heterocycles. The maximum Gasteiger partial charge on any atom is 0.225 e. The molecule has 0 N–H and O–H groups in total. The lowest BCUT2D eigenvalue weighted by molar-refractivity contribution is -0.167. The van der Waals surface area contributed by atoms with Gasteiger partial charge in [-0.2, -0.15) is 0 Å². The van der Waals surface area contributed by atoms with E-state index >= 15 is 0 Å². The van der Waals surface area contributed by atoms with Crippen LogP contribution in [0.15, 0.2) is 0 Å². The highest BCUT2D eigenvalue weighted by Crippen LogP contribution is 2.42. The molecule has 1 saturated carbocycles. The molecule has 2 atom stereocenters. The number of amides is 1. The summed E-state index contributed by atoms with van der Waals surface area (Å²) in [4.78, 5) is 14.7. The Hall–Kier alpha value is -0.610. The number of ether oxygens (including phenoxy) is 2. The van der Waals surface area contributed by atoms with Crippen LogP contribution in [-0.2, 0) is 14.3 Å². The number of piperidine rings is 1. The van der Waals surface area contributed by atoms with E-state index < -0.39 is 0 Å². The summed E-state index contributed by atoms with van der Waals surface area (Å²) in [6.45, 7) is 5.50. The van der Waals surface area contributed by atoms with Crippen molar-refractivity contribution in [3.8, 4) is 0 Å². The molecule has 0 aromatic rings. The van der Waals surface area contributed by atoms with Crippen LogP contribution < -0.4 is 0 Å². The number of fused-ring (bicyclic) bond motifs is 1. The number of hydrogen-bond donors (Lipinski definition) is 0. The molecular weight excluding hydrogens is 254 g/mol. The number of carbonyl (C=O) groups excluding carboxylic acids is 1. The minimum atomic E-state index is 0.0380. The molecule has 114 valence electrons. The molecule has 1 amide bonds. The van der Waals surface area contributed by atoms with Gasteiger partial charge in [0.05, 0.1) is 12.7 Å². The summed E-state index contributed by atoms with van der Waals surface area (Å²) in [5, 5.41) is 0. The lowest BCUT2D eigenvalue weighted by Gasteiger charge is -2.51. The van der Waals surface area contributed by atoms with Gasteiger partial charge in [-0.05, 0) is 38.0 Å². The molecule has 2 heterocycles. The number of hydrogen-bond acceptors (Lipinski definition) is 3. The monoisotopic (exact) mass is 281 g/mol. The highest BCUT2D eigenvalue weighted by atomic mass is 16.5.